The summed E-state index contributed by atoms with van der Waals surface area (Å²) in [5.41, 5.74) is 0.670. The molecule has 1 N–H and O–H groups in total. The van der Waals surface area contributed by atoms with Gasteiger partial charge in [-0.25, -0.2) is 0 Å². The van der Waals surface area contributed by atoms with Crippen molar-refractivity contribution >= 4 is 11.8 Å². The maximum Gasteiger partial charge on any atom is 0.0600 e. The first-order valence-electron chi connectivity index (χ1n) is 5.61. The van der Waals surface area contributed by atoms with Crippen LogP contribution in [0.5, 0.6) is 0 Å². The Morgan fingerprint density at radius 2 is 1.56 bits per heavy atom. The molecule has 16 heavy (non-hydrogen) atoms. The van der Waals surface area contributed by atoms with E-state index < -0.39 is 5.60 Å². The Kier molecular flexibility index (Phi) is 4.08. The Morgan fingerprint density at radius 3 is 1.94 bits per heavy atom. The maximum atomic E-state index is 9.91. The molecular weight excluding hydrogens is 216 g/mol. The highest BCUT2D eigenvalue weighted by molar-refractivity contribution is 7.98. The number of rotatable bonds is 4. The number of benzene rings is 1. The summed E-state index contributed by atoms with van der Waals surface area (Å²) in [7, 11) is 0. The lowest BCUT2D eigenvalue weighted by atomic mass is 9.76. The molecule has 0 saturated carbocycles. The number of hydrogen-bond donors (Lipinski definition) is 1. The van der Waals surface area contributed by atoms with Gasteiger partial charge in [0.15, 0.2) is 0 Å². The molecule has 0 saturated heterocycles. The van der Waals surface area contributed by atoms with Gasteiger partial charge in [-0.3, -0.25) is 0 Å². The molecule has 0 amide bonds. The summed E-state index contributed by atoms with van der Waals surface area (Å²) in [5.74, 6) is 0. The molecular formula is C14H22OS. The predicted molar refractivity (Wildman–Crippen MR) is 72.2 cm³/mol. The molecule has 1 aromatic rings. The first-order valence-corrected chi connectivity index (χ1v) is 6.84. The van der Waals surface area contributed by atoms with Crippen molar-refractivity contribution in [2.45, 2.75) is 50.0 Å². The normalized spacial score (nSPS) is 12.9. The predicted octanol–water partition coefficient (Wildman–Crippen LogP) is 3.85. The van der Waals surface area contributed by atoms with Crippen molar-refractivity contribution in [1.82, 2.24) is 0 Å². The molecule has 0 unspecified atom stereocenters. The molecule has 0 aliphatic rings. The van der Waals surface area contributed by atoms with Crippen LogP contribution < -0.4 is 0 Å². The Labute approximate surface area is 103 Å². The van der Waals surface area contributed by atoms with E-state index in [-0.39, 0.29) is 5.41 Å². The number of thioether (sulfide) groups is 1. The van der Waals surface area contributed by atoms with Crippen LogP contribution in [0.4, 0.5) is 0 Å². The molecule has 0 aromatic heterocycles. The summed E-state index contributed by atoms with van der Waals surface area (Å²) in [4.78, 5) is 1.28. The minimum absolute atomic E-state index is 0.00912. The molecule has 1 nitrogen and oxygen atoms in total. The Balaban J connectivity index is 2.89. The van der Waals surface area contributed by atoms with Gasteiger partial charge in [-0.15, -0.1) is 11.8 Å². The first-order chi connectivity index (χ1) is 7.24. The minimum atomic E-state index is -0.623. The molecule has 2 heteroatoms. The van der Waals surface area contributed by atoms with Crippen molar-refractivity contribution in [3.05, 3.63) is 29.8 Å². The summed E-state index contributed by atoms with van der Waals surface area (Å²) >= 11 is 1.75. The largest absolute Gasteiger partial charge is 0.390 e. The quantitative estimate of drug-likeness (QED) is 0.804. The fourth-order valence-electron chi connectivity index (χ4n) is 2.23. The van der Waals surface area contributed by atoms with Crippen LogP contribution in [0.3, 0.4) is 0 Å². The van der Waals surface area contributed by atoms with Crippen LogP contribution in [-0.4, -0.2) is 17.0 Å². The molecule has 90 valence electrons. The van der Waals surface area contributed by atoms with Crippen molar-refractivity contribution < 1.29 is 5.11 Å². The topological polar surface area (TPSA) is 20.2 Å². The van der Waals surface area contributed by atoms with E-state index in [1.54, 1.807) is 11.8 Å². The number of hydrogen-bond acceptors (Lipinski definition) is 2. The zero-order valence-corrected chi connectivity index (χ0v) is 11.7. The van der Waals surface area contributed by atoms with E-state index in [0.29, 0.717) is 0 Å². The minimum Gasteiger partial charge on any atom is -0.390 e. The van der Waals surface area contributed by atoms with E-state index in [0.717, 1.165) is 6.42 Å². The lowest BCUT2D eigenvalue weighted by Gasteiger charge is -2.32. The monoisotopic (exact) mass is 238 g/mol. The first kappa shape index (κ1) is 13.6. The summed E-state index contributed by atoms with van der Waals surface area (Å²) in [6, 6.07) is 8.62. The third-order valence-electron chi connectivity index (χ3n) is 2.75. The van der Waals surface area contributed by atoms with Crippen LogP contribution in [0.2, 0.25) is 0 Å². The van der Waals surface area contributed by atoms with Crippen LogP contribution in [0.1, 0.15) is 39.7 Å². The standard InChI is InChI=1S/C14H22OS/c1-13(2,10-14(3,4)15)11-6-8-12(16-5)9-7-11/h6-9,15H,10H2,1-5H3. The Morgan fingerprint density at radius 1 is 1.06 bits per heavy atom. The highest BCUT2D eigenvalue weighted by Gasteiger charge is 2.28. The summed E-state index contributed by atoms with van der Waals surface area (Å²) < 4.78 is 0. The SMILES string of the molecule is CSc1ccc(C(C)(C)CC(C)(C)O)cc1. The second-order valence-corrected chi connectivity index (χ2v) is 6.48. The highest BCUT2D eigenvalue weighted by Crippen LogP contribution is 2.32. The van der Waals surface area contributed by atoms with Gasteiger partial charge in [0.05, 0.1) is 5.60 Å². The van der Waals surface area contributed by atoms with Gasteiger partial charge in [-0.05, 0) is 49.6 Å². The van der Waals surface area contributed by atoms with Crippen molar-refractivity contribution in [2.24, 2.45) is 0 Å². The summed E-state index contributed by atoms with van der Waals surface area (Å²) in [6.45, 7) is 8.09. The van der Waals surface area contributed by atoms with E-state index >= 15 is 0 Å². The van der Waals surface area contributed by atoms with Crippen molar-refractivity contribution in [3.63, 3.8) is 0 Å². The maximum absolute atomic E-state index is 9.91. The van der Waals surface area contributed by atoms with Gasteiger partial charge >= 0.3 is 0 Å². The fraction of sp³-hybridized carbons (Fsp3) is 0.571. The molecule has 1 rings (SSSR count). The second kappa shape index (κ2) is 4.80. The molecule has 0 heterocycles. The fourth-order valence-corrected chi connectivity index (χ4v) is 2.63. The van der Waals surface area contributed by atoms with Crippen LogP contribution in [-0.2, 0) is 5.41 Å². The highest BCUT2D eigenvalue weighted by atomic mass is 32.2. The lowest BCUT2D eigenvalue weighted by molar-refractivity contribution is 0.0501. The molecule has 0 fully saturated rings. The van der Waals surface area contributed by atoms with E-state index in [4.69, 9.17) is 0 Å². The van der Waals surface area contributed by atoms with Crippen molar-refractivity contribution in [1.29, 1.82) is 0 Å². The van der Waals surface area contributed by atoms with Gasteiger partial charge in [0.2, 0.25) is 0 Å². The van der Waals surface area contributed by atoms with Gasteiger partial charge in [-0.2, -0.15) is 0 Å². The van der Waals surface area contributed by atoms with Crippen molar-refractivity contribution in [3.8, 4) is 0 Å². The van der Waals surface area contributed by atoms with Gasteiger partial charge in [0, 0.05) is 4.90 Å². The van der Waals surface area contributed by atoms with E-state index in [2.05, 4.69) is 44.4 Å². The molecule has 0 aliphatic carbocycles. The third-order valence-corrected chi connectivity index (χ3v) is 3.49. The van der Waals surface area contributed by atoms with Crippen molar-refractivity contribution in [2.75, 3.05) is 6.26 Å². The van der Waals surface area contributed by atoms with Crippen LogP contribution in [0.15, 0.2) is 29.2 Å². The molecule has 0 spiro atoms. The summed E-state index contributed by atoms with van der Waals surface area (Å²) in [5, 5.41) is 9.91. The van der Waals surface area contributed by atoms with E-state index in [9.17, 15) is 5.11 Å². The van der Waals surface area contributed by atoms with Crippen LogP contribution in [0, 0.1) is 0 Å². The van der Waals surface area contributed by atoms with Crippen LogP contribution >= 0.6 is 11.8 Å². The lowest BCUT2D eigenvalue weighted by Crippen LogP contribution is -2.31. The zero-order valence-electron chi connectivity index (χ0n) is 10.9. The number of aliphatic hydroxyl groups is 1. The third kappa shape index (κ3) is 3.84. The second-order valence-electron chi connectivity index (χ2n) is 5.60. The zero-order chi connectivity index (χ0) is 12.4. The van der Waals surface area contributed by atoms with E-state index in [1.807, 2.05) is 13.8 Å². The Hall–Kier alpha value is -0.470. The molecule has 0 radical (unpaired) electrons. The average molecular weight is 238 g/mol. The average Bonchev–Trinajstić information content (AvgIpc) is 2.14. The van der Waals surface area contributed by atoms with Crippen LogP contribution in [0.25, 0.3) is 0 Å². The van der Waals surface area contributed by atoms with Gasteiger partial charge in [0.1, 0.15) is 0 Å². The van der Waals surface area contributed by atoms with Gasteiger partial charge in [0.25, 0.3) is 0 Å². The summed E-state index contributed by atoms with van der Waals surface area (Å²) in [6.07, 6.45) is 2.84. The molecule has 0 bridgehead atoms. The molecule has 1 aromatic carbocycles. The Bertz CT molecular complexity index is 333. The molecule has 0 atom stereocenters. The van der Waals surface area contributed by atoms with Gasteiger partial charge in [-0.1, -0.05) is 26.0 Å². The van der Waals surface area contributed by atoms with E-state index in [1.165, 1.54) is 10.5 Å². The molecule has 0 aliphatic heterocycles. The smallest absolute Gasteiger partial charge is 0.0600 e. The van der Waals surface area contributed by atoms with Gasteiger partial charge < -0.3 is 5.11 Å².